The number of aliphatic hydroxyl groups is 2. The van der Waals surface area contributed by atoms with E-state index in [9.17, 15) is 15.3 Å². The van der Waals surface area contributed by atoms with Gasteiger partial charge in [0.2, 0.25) is 0 Å². The standard InChI is InChI=1S/C35H46N3O4/c36-35-22-27(14-17-38-35)28(21-30-9-4-16-37-30)15-18-42-34-19-24(11-13-32(34)40)10-12-31(39)23-33(41)29-8-3-7-25-5-1-2-6-26(25)20-29/h2,4,6,9,11,13-14,16-17,19,22,25-26,28-29,31,33,39-41H,1,3,5,7-8,10,12,15,18,20-21,23H2,(H2,36,38)/q-1/t25-,26+,28+,29+,31+,33+/m0/s1. The van der Waals surface area contributed by atoms with E-state index >= 15 is 0 Å². The number of allylic oxidation sites excluding steroid dienone is 2. The number of pyridine rings is 1. The van der Waals surface area contributed by atoms with Gasteiger partial charge in [0.15, 0.2) is 11.5 Å². The van der Waals surface area contributed by atoms with E-state index in [1.165, 1.54) is 25.7 Å². The highest BCUT2D eigenvalue weighted by atomic mass is 16.5. The van der Waals surface area contributed by atoms with Crippen LogP contribution >= 0.6 is 0 Å². The van der Waals surface area contributed by atoms with Crippen molar-refractivity contribution in [2.45, 2.75) is 88.8 Å². The second-order valence-electron chi connectivity index (χ2n) is 12.3. The fourth-order valence-electron chi connectivity index (χ4n) is 6.92. The van der Waals surface area contributed by atoms with Gasteiger partial charge < -0.3 is 30.8 Å². The SMILES string of the molecule is Nc1cc([C@H](CCOc2cc(CC[C@@H](O)C[C@@H](O)[C@@H]3CCC[C@@H]4CCC=C[C@@H]4C3)ccc2O)Cc2ccc[n-]2)ccn1. The highest BCUT2D eigenvalue weighted by Gasteiger charge is 2.31. The molecule has 0 amide bonds. The Hall–Kier alpha value is -3.29. The van der Waals surface area contributed by atoms with E-state index in [-0.39, 0.29) is 17.6 Å². The topological polar surface area (TPSA) is 123 Å². The average Bonchev–Trinajstić information content (AvgIpc) is 3.40. The Morgan fingerprint density at radius 2 is 1.98 bits per heavy atom. The molecule has 1 aromatic carbocycles. The number of nitrogens with zero attached hydrogens (tertiary/aromatic N) is 2. The Balaban J connectivity index is 1.12. The number of aromatic hydroxyl groups is 1. The van der Waals surface area contributed by atoms with E-state index in [4.69, 9.17) is 10.5 Å². The van der Waals surface area contributed by atoms with Crippen molar-refractivity contribution in [1.29, 1.82) is 0 Å². The first kappa shape index (κ1) is 30.2. The Morgan fingerprint density at radius 1 is 1.07 bits per heavy atom. The highest BCUT2D eigenvalue weighted by molar-refractivity contribution is 5.42. The number of aryl methyl sites for hydroxylation is 1. The lowest BCUT2D eigenvalue weighted by atomic mass is 9.78. The van der Waals surface area contributed by atoms with Crippen LogP contribution in [0.5, 0.6) is 11.5 Å². The Bertz CT molecular complexity index is 1280. The molecule has 5 N–H and O–H groups in total. The molecule has 226 valence electrons. The number of hydrogen-bond donors (Lipinski definition) is 4. The third-order valence-corrected chi connectivity index (χ3v) is 9.34. The van der Waals surface area contributed by atoms with Gasteiger partial charge in [-0.1, -0.05) is 36.8 Å². The molecule has 0 saturated heterocycles. The van der Waals surface area contributed by atoms with E-state index < -0.39 is 12.2 Å². The van der Waals surface area contributed by atoms with Crippen LogP contribution in [0.25, 0.3) is 0 Å². The van der Waals surface area contributed by atoms with Gasteiger partial charge >= 0.3 is 0 Å². The molecule has 2 aliphatic carbocycles. The monoisotopic (exact) mass is 572 g/mol. The van der Waals surface area contributed by atoms with Crippen LogP contribution < -0.4 is 15.5 Å². The normalized spacial score (nSPS) is 22.6. The molecule has 0 spiro atoms. The maximum Gasteiger partial charge on any atom is 0.161 e. The van der Waals surface area contributed by atoms with Gasteiger partial charge in [0.1, 0.15) is 5.82 Å². The number of nitrogens with two attached hydrogens (primary N) is 1. The van der Waals surface area contributed by atoms with E-state index in [2.05, 4.69) is 22.1 Å². The summed E-state index contributed by atoms with van der Waals surface area (Å²) in [6.45, 7) is 0.415. The van der Waals surface area contributed by atoms with Crippen LogP contribution in [0.2, 0.25) is 0 Å². The minimum absolute atomic E-state index is 0.0977. The van der Waals surface area contributed by atoms with Crippen molar-refractivity contribution in [2.75, 3.05) is 12.3 Å². The van der Waals surface area contributed by atoms with Crippen LogP contribution in [0.3, 0.4) is 0 Å². The molecular weight excluding hydrogens is 526 g/mol. The number of benzene rings is 1. The summed E-state index contributed by atoms with van der Waals surface area (Å²) in [7, 11) is 0. The number of nitrogen functional groups attached to an aromatic ring is 1. The highest BCUT2D eigenvalue weighted by Crippen LogP contribution is 2.40. The van der Waals surface area contributed by atoms with Gasteiger partial charge in [-0.2, -0.15) is 11.9 Å². The quantitative estimate of drug-likeness (QED) is 0.187. The summed E-state index contributed by atoms with van der Waals surface area (Å²) in [6, 6.07) is 13.2. The fraction of sp³-hybridized carbons (Fsp3) is 0.514. The van der Waals surface area contributed by atoms with E-state index in [1.54, 1.807) is 18.5 Å². The fourth-order valence-corrected chi connectivity index (χ4v) is 6.92. The molecule has 2 aliphatic rings. The van der Waals surface area contributed by atoms with Gasteiger partial charge in [-0.3, -0.25) is 0 Å². The van der Waals surface area contributed by atoms with Gasteiger partial charge in [-0.15, -0.1) is 0 Å². The summed E-state index contributed by atoms with van der Waals surface area (Å²) >= 11 is 0. The largest absolute Gasteiger partial charge is 0.668 e. The molecule has 5 rings (SSSR count). The Labute approximate surface area is 249 Å². The van der Waals surface area contributed by atoms with Crippen molar-refractivity contribution in [2.24, 2.45) is 17.8 Å². The first-order valence-corrected chi connectivity index (χ1v) is 15.7. The van der Waals surface area contributed by atoms with Crippen molar-refractivity contribution >= 4 is 5.82 Å². The zero-order chi connectivity index (χ0) is 29.3. The van der Waals surface area contributed by atoms with Crippen molar-refractivity contribution in [3.63, 3.8) is 0 Å². The summed E-state index contributed by atoms with van der Waals surface area (Å²) < 4.78 is 6.06. The molecule has 42 heavy (non-hydrogen) atoms. The Morgan fingerprint density at radius 3 is 2.81 bits per heavy atom. The molecule has 7 nitrogen and oxygen atoms in total. The molecule has 2 heterocycles. The number of phenols is 1. The van der Waals surface area contributed by atoms with Crippen molar-refractivity contribution in [3.05, 3.63) is 83.8 Å². The molecular formula is C35H46N3O4-. The molecule has 1 saturated carbocycles. The van der Waals surface area contributed by atoms with Crippen molar-refractivity contribution in [3.8, 4) is 11.5 Å². The predicted molar refractivity (Wildman–Crippen MR) is 165 cm³/mol. The van der Waals surface area contributed by atoms with Gasteiger partial charge in [0, 0.05) is 6.20 Å². The summed E-state index contributed by atoms with van der Waals surface area (Å²) in [5, 5.41) is 32.3. The lowest BCUT2D eigenvalue weighted by Gasteiger charge is -2.29. The maximum atomic E-state index is 11.0. The van der Waals surface area contributed by atoms with Crippen LogP contribution in [-0.4, -0.2) is 39.1 Å². The van der Waals surface area contributed by atoms with Crippen LogP contribution in [-0.2, 0) is 12.8 Å². The van der Waals surface area contributed by atoms with Crippen molar-refractivity contribution in [1.82, 2.24) is 9.97 Å². The van der Waals surface area contributed by atoms with Crippen LogP contribution in [0.1, 0.15) is 80.5 Å². The van der Waals surface area contributed by atoms with Gasteiger partial charge in [0.05, 0.1) is 18.8 Å². The third kappa shape index (κ3) is 8.39. The number of phenolic OH excluding ortho intramolecular Hbond substituents is 1. The molecule has 0 aliphatic heterocycles. The number of ether oxygens (including phenoxy) is 1. The number of hydrogen-bond acceptors (Lipinski definition) is 6. The summed E-state index contributed by atoms with van der Waals surface area (Å²) in [5.74, 6) is 2.77. The van der Waals surface area contributed by atoms with Crippen LogP contribution in [0.4, 0.5) is 5.82 Å². The first-order chi connectivity index (χ1) is 20.4. The molecule has 3 aromatic rings. The smallest absolute Gasteiger partial charge is 0.161 e. The predicted octanol–water partition coefficient (Wildman–Crippen LogP) is 5.94. The summed E-state index contributed by atoms with van der Waals surface area (Å²) in [6.07, 6.45) is 17.2. The molecule has 2 aromatic heterocycles. The molecule has 7 heteroatoms. The molecule has 0 unspecified atom stereocenters. The van der Waals surface area contributed by atoms with E-state index in [0.29, 0.717) is 43.4 Å². The van der Waals surface area contributed by atoms with Gasteiger partial charge in [-0.25, -0.2) is 4.98 Å². The zero-order valence-electron chi connectivity index (χ0n) is 24.5. The second-order valence-corrected chi connectivity index (χ2v) is 12.3. The van der Waals surface area contributed by atoms with Gasteiger partial charge in [0.25, 0.3) is 0 Å². The lowest BCUT2D eigenvalue weighted by Crippen LogP contribution is -2.28. The number of aliphatic hydroxyl groups excluding tert-OH is 2. The molecule has 6 atom stereocenters. The summed E-state index contributed by atoms with van der Waals surface area (Å²) in [5.41, 5.74) is 9.03. The van der Waals surface area contributed by atoms with Crippen LogP contribution in [0.15, 0.2) is 67.0 Å². The van der Waals surface area contributed by atoms with E-state index in [1.807, 2.05) is 36.4 Å². The van der Waals surface area contributed by atoms with Crippen LogP contribution in [0, 0.1) is 17.8 Å². The average molecular weight is 573 g/mol. The molecule has 0 radical (unpaired) electrons. The second kappa shape index (κ2) is 14.7. The minimum Gasteiger partial charge on any atom is -0.668 e. The molecule has 1 fully saturated rings. The zero-order valence-corrected chi connectivity index (χ0v) is 24.5. The number of fused-ring (bicyclic) bond motifs is 1. The van der Waals surface area contributed by atoms with Gasteiger partial charge in [-0.05, 0) is 123 Å². The first-order valence-electron chi connectivity index (χ1n) is 15.7. The third-order valence-electron chi connectivity index (χ3n) is 9.34. The van der Waals surface area contributed by atoms with E-state index in [0.717, 1.165) is 48.4 Å². The summed E-state index contributed by atoms with van der Waals surface area (Å²) in [4.78, 5) is 8.55. The Kier molecular flexibility index (Phi) is 10.6. The lowest BCUT2D eigenvalue weighted by molar-refractivity contribution is 0.0321. The number of anilines is 1. The number of rotatable bonds is 13. The number of aromatic nitrogens is 2. The maximum absolute atomic E-state index is 11.0. The van der Waals surface area contributed by atoms with Crippen molar-refractivity contribution < 1.29 is 20.1 Å². The molecule has 0 bridgehead atoms. The minimum atomic E-state index is -0.572.